The normalized spacial score (nSPS) is 10.5. The van der Waals surface area contributed by atoms with Gasteiger partial charge in [0.05, 0.1) is 11.4 Å². The minimum Gasteiger partial charge on any atom is -0.395 e. The molecule has 0 fully saturated rings. The maximum absolute atomic E-state index is 12.2. The van der Waals surface area contributed by atoms with Crippen LogP contribution in [0, 0.1) is 0 Å². The lowest BCUT2D eigenvalue weighted by Gasteiger charge is -2.19. The van der Waals surface area contributed by atoms with Crippen LogP contribution in [0.2, 0.25) is 0 Å². The summed E-state index contributed by atoms with van der Waals surface area (Å²) in [6.07, 6.45) is 2.83. The van der Waals surface area contributed by atoms with E-state index in [1.807, 2.05) is 13.8 Å². The van der Waals surface area contributed by atoms with Crippen LogP contribution in [-0.2, 0) is 6.42 Å². The van der Waals surface area contributed by atoms with Crippen molar-refractivity contribution in [2.45, 2.75) is 40.0 Å². The molecule has 0 aliphatic heterocycles. The summed E-state index contributed by atoms with van der Waals surface area (Å²) in [6, 6.07) is 0. The zero-order valence-corrected chi connectivity index (χ0v) is 10.9. The number of nitrogens with two attached hydrogens (primary N) is 1. The predicted octanol–water partition coefficient (Wildman–Crippen LogP) is 1.82. The van der Waals surface area contributed by atoms with E-state index < -0.39 is 0 Å². The largest absolute Gasteiger partial charge is 0.395 e. The number of aryl methyl sites for hydroxylation is 1. The van der Waals surface area contributed by atoms with Gasteiger partial charge in [-0.1, -0.05) is 20.3 Å². The van der Waals surface area contributed by atoms with E-state index in [0.717, 1.165) is 31.5 Å². The molecule has 0 aliphatic rings. The lowest BCUT2D eigenvalue weighted by atomic mass is 10.2. The first-order valence-corrected chi connectivity index (χ1v) is 6.27. The van der Waals surface area contributed by atoms with Gasteiger partial charge in [0.15, 0.2) is 5.69 Å². The lowest BCUT2D eigenvalue weighted by molar-refractivity contribution is 0.0757. The van der Waals surface area contributed by atoms with E-state index in [4.69, 9.17) is 5.73 Å². The number of nitrogens with zero attached hydrogens (tertiary/aromatic N) is 2. The molecule has 0 aliphatic carbocycles. The number of aromatic nitrogens is 2. The second kappa shape index (κ2) is 6.27. The number of hydrogen-bond acceptors (Lipinski definition) is 3. The molecule has 5 heteroatoms. The van der Waals surface area contributed by atoms with Crippen molar-refractivity contribution in [3.8, 4) is 0 Å². The molecule has 0 spiro atoms. The molecule has 96 valence electrons. The van der Waals surface area contributed by atoms with Gasteiger partial charge in [-0.25, -0.2) is 0 Å². The van der Waals surface area contributed by atoms with Gasteiger partial charge in [0.2, 0.25) is 0 Å². The highest BCUT2D eigenvalue weighted by molar-refractivity contribution is 5.97. The Balaban J connectivity index is 2.82. The van der Waals surface area contributed by atoms with Gasteiger partial charge in [0.1, 0.15) is 0 Å². The van der Waals surface area contributed by atoms with Crippen LogP contribution in [0.4, 0.5) is 5.69 Å². The smallest absolute Gasteiger partial charge is 0.276 e. The van der Waals surface area contributed by atoms with Crippen molar-refractivity contribution in [1.29, 1.82) is 0 Å². The van der Waals surface area contributed by atoms with E-state index in [9.17, 15) is 4.79 Å². The Hall–Kier alpha value is -1.52. The first-order chi connectivity index (χ1) is 8.15. The molecule has 0 radical (unpaired) electrons. The maximum atomic E-state index is 12.2. The van der Waals surface area contributed by atoms with E-state index in [1.165, 1.54) is 0 Å². The van der Waals surface area contributed by atoms with Crippen LogP contribution < -0.4 is 5.73 Å². The number of carbonyl (C=O) groups excluding carboxylic acids is 1. The number of unbranched alkanes of at least 4 members (excludes halogenated alkanes) is 1. The maximum Gasteiger partial charge on any atom is 0.276 e. The number of nitrogens with one attached hydrogen (secondary N) is 1. The number of amides is 1. The Labute approximate surface area is 102 Å². The summed E-state index contributed by atoms with van der Waals surface area (Å²) in [5.74, 6) is -0.0746. The molecular weight excluding hydrogens is 216 g/mol. The third-order valence-corrected chi connectivity index (χ3v) is 2.89. The Morgan fingerprint density at radius 2 is 2.12 bits per heavy atom. The summed E-state index contributed by atoms with van der Waals surface area (Å²) in [4.78, 5) is 14.0. The molecule has 5 nitrogen and oxygen atoms in total. The van der Waals surface area contributed by atoms with Crippen molar-refractivity contribution in [3.63, 3.8) is 0 Å². The van der Waals surface area contributed by atoms with E-state index in [0.29, 0.717) is 17.9 Å². The number of H-pyrrole nitrogens is 1. The molecule has 1 rings (SSSR count). The Bertz CT molecular complexity index is 373. The van der Waals surface area contributed by atoms with Crippen molar-refractivity contribution < 1.29 is 4.79 Å². The van der Waals surface area contributed by atoms with Crippen LogP contribution in [-0.4, -0.2) is 34.1 Å². The quantitative estimate of drug-likeness (QED) is 0.793. The number of carbonyl (C=O) groups is 1. The zero-order chi connectivity index (χ0) is 12.8. The fourth-order valence-corrected chi connectivity index (χ4v) is 1.72. The van der Waals surface area contributed by atoms with Crippen molar-refractivity contribution >= 4 is 11.6 Å². The highest BCUT2D eigenvalue weighted by Crippen LogP contribution is 2.16. The molecule has 0 saturated carbocycles. The highest BCUT2D eigenvalue weighted by atomic mass is 16.2. The summed E-state index contributed by atoms with van der Waals surface area (Å²) in [5.41, 5.74) is 7.58. The van der Waals surface area contributed by atoms with Crippen LogP contribution in [0.1, 0.15) is 49.8 Å². The SMILES string of the molecule is CCCCN(CC)C(=O)c1n[nH]c(CC)c1N. The molecule has 1 amide bonds. The zero-order valence-electron chi connectivity index (χ0n) is 10.9. The van der Waals surface area contributed by atoms with Gasteiger partial charge in [-0.2, -0.15) is 5.10 Å². The van der Waals surface area contributed by atoms with E-state index in [1.54, 1.807) is 4.90 Å². The van der Waals surface area contributed by atoms with Gasteiger partial charge in [-0.15, -0.1) is 0 Å². The fourth-order valence-electron chi connectivity index (χ4n) is 1.72. The van der Waals surface area contributed by atoms with Crippen LogP contribution in [0.15, 0.2) is 0 Å². The van der Waals surface area contributed by atoms with Gasteiger partial charge in [0.25, 0.3) is 5.91 Å². The average molecular weight is 238 g/mol. The predicted molar refractivity (Wildman–Crippen MR) is 68.9 cm³/mol. The van der Waals surface area contributed by atoms with Crippen LogP contribution in [0.3, 0.4) is 0 Å². The molecule has 1 aromatic heterocycles. The lowest BCUT2D eigenvalue weighted by Crippen LogP contribution is -2.32. The molecule has 0 unspecified atom stereocenters. The van der Waals surface area contributed by atoms with Crippen molar-refractivity contribution in [2.24, 2.45) is 0 Å². The third kappa shape index (κ3) is 2.99. The molecule has 3 N–H and O–H groups in total. The van der Waals surface area contributed by atoms with Gasteiger partial charge in [0, 0.05) is 13.1 Å². The van der Waals surface area contributed by atoms with Gasteiger partial charge >= 0.3 is 0 Å². The van der Waals surface area contributed by atoms with E-state index >= 15 is 0 Å². The number of hydrogen-bond donors (Lipinski definition) is 2. The monoisotopic (exact) mass is 238 g/mol. The molecular formula is C12H22N4O. The van der Waals surface area contributed by atoms with Crippen LogP contribution in [0.5, 0.6) is 0 Å². The molecule has 0 aromatic carbocycles. The Morgan fingerprint density at radius 1 is 1.41 bits per heavy atom. The topological polar surface area (TPSA) is 75.0 Å². The van der Waals surface area contributed by atoms with Gasteiger partial charge in [-0.3, -0.25) is 9.89 Å². The summed E-state index contributed by atoms with van der Waals surface area (Å²) >= 11 is 0. The summed E-state index contributed by atoms with van der Waals surface area (Å²) < 4.78 is 0. The average Bonchev–Trinajstić information content (AvgIpc) is 2.71. The highest BCUT2D eigenvalue weighted by Gasteiger charge is 2.20. The first kappa shape index (κ1) is 13.5. The minimum absolute atomic E-state index is 0.0746. The molecule has 0 saturated heterocycles. The minimum atomic E-state index is -0.0746. The van der Waals surface area contributed by atoms with Gasteiger partial charge in [-0.05, 0) is 19.8 Å². The second-order valence-electron chi connectivity index (χ2n) is 4.06. The molecule has 1 aromatic rings. The summed E-state index contributed by atoms with van der Waals surface area (Å²) in [7, 11) is 0. The molecule has 0 atom stereocenters. The molecule has 1 heterocycles. The number of nitrogen functional groups attached to an aromatic ring is 1. The van der Waals surface area contributed by atoms with Crippen LogP contribution >= 0.6 is 0 Å². The third-order valence-electron chi connectivity index (χ3n) is 2.89. The summed E-state index contributed by atoms with van der Waals surface area (Å²) in [6.45, 7) is 7.51. The fraction of sp³-hybridized carbons (Fsp3) is 0.667. The summed E-state index contributed by atoms with van der Waals surface area (Å²) in [5, 5.41) is 6.84. The van der Waals surface area contributed by atoms with Gasteiger partial charge < -0.3 is 10.6 Å². The molecule has 0 bridgehead atoms. The van der Waals surface area contributed by atoms with Crippen molar-refractivity contribution in [3.05, 3.63) is 11.4 Å². The van der Waals surface area contributed by atoms with Crippen molar-refractivity contribution in [2.75, 3.05) is 18.8 Å². The first-order valence-electron chi connectivity index (χ1n) is 6.27. The second-order valence-corrected chi connectivity index (χ2v) is 4.06. The Morgan fingerprint density at radius 3 is 2.59 bits per heavy atom. The Kier molecular flexibility index (Phi) is 5.00. The van der Waals surface area contributed by atoms with E-state index in [-0.39, 0.29) is 5.91 Å². The number of anilines is 1. The number of rotatable bonds is 6. The molecule has 17 heavy (non-hydrogen) atoms. The standard InChI is InChI=1S/C12H22N4O/c1-4-7-8-16(6-3)12(17)11-10(13)9(5-2)14-15-11/h4-8,13H2,1-3H3,(H,14,15). The number of aromatic amines is 1. The van der Waals surface area contributed by atoms with Crippen LogP contribution in [0.25, 0.3) is 0 Å². The van der Waals surface area contributed by atoms with E-state index in [2.05, 4.69) is 17.1 Å². The van der Waals surface area contributed by atoms with Crippen molar-refractivity contribution in [1.82, 2.24) is 15.1 Å².